The second-order valence-electron chi connectivity index (χ2n) is 8.89. The van der Waals surface area contributed by atoms with Crippen LogP contribution in [-0.2, 0) is 26.1 Å². The molecule has 0 saturated heterocycles. The first-order chi connectivity index (χ1) is 11.8. The lowest BCUT2D eigenvalue weighted by Gasteiger charge is -2.31. The average Bonchev–Trinajstić information content (AvgIpc) is 2.48. The van der Waals surface area contributed by atoms with Crippen LogP contribution < -0.4 is 0 Å². The van der Waals surface area contributed by atoms with Crippen molar-refractivity contribution >= 4 is 7.52 Å². The normalized spacial score (nSPS) is 15.3. The smallest absolute Gasteiger partial charge is 0.276 e. The SMILES string of the molecule is CCOP(=O)(Cc1cc(C(C)(C)C)c(O)c(C(C)(C)C)c1)N(CC)CC. The van der Waals surface area contributed by atoms with E-state index in [9.17, 15) is 9.67 Å². The summed E-state index contributed by atoms with van der Waals surface area (Å²) in [5.74, 6) is 0.350. The molecule has 5 heteroatoms. The fourth-order valence-corrected chi connectivity index (χ4v) is 5.61. The molecular formula is C21H38NO3P. The molecule has 0 aliphatic heterocycles. The molecule has 4 nitrogen and oxygen atoms in total. The van der Waals surface area contributed by atoms with Crippen LogP contribution in [0.3, 0.4) is 0 Å². The van der Waals surface area contributed by atoms with E-state index in [1.54, 1.807) is 0 Å². The maximum absolute atomic E-state index is 13.6. The average molecular weight is 384 g/mol. The Morgan fingerprint density at radius 3 is 1.69 bits per heavy atom. The summed E-state index contributed by atoms with van der Waals surface area (Å²) in [5, 5.41) is 10.9. The number of hydrogen-bond acceptors (Lipinski definition) is 3. The van der Waals surface area contributed by atoms with Crippen molar-refractivity contribution in [1.82, 2.24) is 4.67 Å². The summed E-state index contributed by atoms with van der Waals surface area (Å²) in [7, 11) is -2.96. The molecule has 1 atom stereocenters. The number of aromatic hydroxyl groups is 1. The third-order valence-corrected chi connectivity index (χ3v) is 7.51. The number of benzene rings is 1. The van der Waals surface area contributed by atoms with Crippen molar-refractivity contribution in [3.05, 3.63) is 28.8 Å². The van der Waals surface area contributed by atoms with Crippen molar-refractivity contribution in [3.8, 4) is 5.75 Å². The monoisotopic (exact) mass is 383 g/mol. The zero-order valence-electron chi connectivity index (χ0n) is 18.1. The molecule has 0 spiro atoms. The molecule has 0 amide bonds. The molecule has 0 heterocycles. The van der Waals surface area contributed by atoms with Crippen LogP contribution in [-0.4, -0.2) is 29.5 Å². The molecule has 150 valence electrons. The first kappa shape index (κ1) is 23.2. The van der Waals surface area contributed by atoms with Crippen LogP contribution in [0, 0.1) is 0 Å². The number of rotatable bonds is 7. The summed E-state index contributed by atoms with van der Waals surface area (Å²) in [6, 6.07) is 4.00. The van der Waals surface area contributed by atoms with Crippen LogP contribution in [0.2, 0.25) is 0 Å². The van der Waals surface area contributed by atoms with Crippen molar-refractivity contribution in [2.24, 2.45) is 0 Å². The second kappa shape index (κ2) is 8.46. The molecule has 0 radical (unpaired) electrons. The first-order valence-corrected chi connectivity index (χ1v) is 11.4. The molecule has 26 heavy (non-hydrogen) atoms. The van der Waals surface area contributed by atoms with Gasteiger partial charge in [-0.25, -0.2) is 4.67 Å². The molecule has 1 aromatic carbocycles. The minimum Gasteiger partial charge on any atom is -0.507 e. The van der Waals surface area contributed by atoms with Gasteiger partial charge in [0.05, 0.1) is 12.8 Å². The van der Waals surface area contributed by atoms with Gasteiger partial charge in [0.1, 0.15) is 5.75 Å². The van der Waals surface area contributed by atoms with Gasteiger partial charge in [-0.3, -0.25) is 4.57 Å². The van der Waals surface area contributed by atoms with Crippen molar-refractivity contribution < 1.29 is 14.2 Å². The summed E-state index contributed by atoms with van der Waals surface area (Å²) in [5.41, 5.74) is 2.34. The highest BCUT2D eigenvalue weighted by molar-refractivity contribution is 7.55. The van der Waals surface area contributed by atoms with Gasteiger partial charge in [-0.1, -0.05) is 67.5 Å². The minimum absolute atomic E-state index is 0.203. The maximum atomic E-state index is 13.6. The molecule has 0 saturated carbocycles. The molecule has 1 aromatic rings. The molecule has 0 aliphatic carbocycles. The van der Waals surface area contributed by atoms with E-state index < -0.39 is 7.52 Å². The third-order valence-electron chi connectivity index (χ3n) is 4.66. The molecular weight excluding hydrogens is 345 g/mol. The highest BCUT2D eigenvalue weighted by Crippen LogP contribution is 2.54. The van der Waals surface area contributed by atoms with Gasteiger partial charge in [0.25, 0.3) is 7.52 Å². The van der Waals surface area contributed by atoms with Gasteiger partial charge in [-0.2, -0.15) is 0 Å². The fraction of sp³-hybridized carbons (Fsp3) is 0.714. The largest absolute Gasteiger partial charge is 0.507 e. The predicted molar refractivity (Wildman–Crippen MR) is 111 cm³/mol. The highest BCUT2D eigenvalue weighted by Gasteiger charge is 2.32. The van der Waals surface area contributed by atoms with Crippen LogP contribution in [0.5, 0.6) is 5.75 Å². The lowest BCUT2D eigenvalue weighted by Crippen LogP contribution is -2.23. The molecule has 0 aromatic heterocycles. The maximum Gasteiger partial charge on any atom is 0.276 e. The third kappa shape index (κ3) is 5.34. The van der Waals surface area contributed by atoms with E-state index in [1.165, 1.54) is 0 Å². The summed E-state index contributed by atoms with van der Waals surface area (Å²) in [6.45, 7) is 20.2. The predicted octanol–water partition coefficient (Wildman–Crippen LogP) is 6.06. The zero-order chi connectivity index (χ0) is 20.3. The quantitative estimate of drug-likeness (QED) is 0.582. The van der Waals surface area contributed by atoms with Crippen molar-refractivity contribution in [2.45, 2.75) is 79.3 Å². The summed E-state index contributed by atoms with van der Waals surface area (Å²) in [6.07, 6.45) is 0.356. The van der Waals surface area contributed by atoms with E-state index in [4.69, 9.17) is 4.52 Å². The van der Waals surface area contributed by atoms with E-state index in [1.807, 2.05) is 37.6 Å². The molecule has 1 N–H and O–H groups in total. The Kier molecular flexibility index (Phi) is 7.55. The van der Waals surface area contributed by atoms with Gasteiger partial charge in [0.2, 0.25) is 0 Å². The van der Waals surface area contributed by atoms with Gasteiger partial charge in [0, 0.05) is 13.1 Å². The van der Waals surface area contributed by atoms with Gasteiger partial charge >= 0.3 is 0 Å². The lowest BCUT2D eigenvalue weighted by atomic mass is 9.78. The van der Waals surface area contributed by atoms with E-state index in [2.05, 4.69) is 41.5 Å². The van der Waals surface area contributed by atoms with Gasteiger partial charge in [-0.15, -0.1) is 0 Å². The summed E-state index contributed by atoms with van der Waals surface area (Å²) in [4.78, 5) is 0. The molecule has 1 unspecified atom stereocenters. The Morgan fingerprint density at radius 1 is 0.962 bits per heavy atom. The minimum atomic E-state index is -2.96. The van der Waals surface area contributed by atoms with Crippen LogP contribution in [0.15, 0.2) is 12.1 Å². The number of hydrogen-bond donors (Lipinski definition) is 1. The van der Waals surface area contributed by atoms with Gasteiger partial charge < -0.3 is 9.63 Å². The van der Waals surface area contributed by atoms with E-state index >= 15 is 0 Å². The lowest BCUT2D eigenvalue weighted by molar-refractivity contribution is 0.277. The Balaban J connectivity index is 3.54. The summed E-state index contributed by atoms with van der Waals surface area (Å²) < 4.78 is 21.3. The van der Waals surface area contributed by atoms with Crippen LogP contribution in [0.4, 0.5) is 0 Å². The van der Waals surface area contributed by atoms with Gasteiger partial charge in [-0.05, 0) is 34.4 Å². The number of nitrogens with zero attached hydrogens (tertiary/aromatic N) is 1. The number of phenols is 1. The molecule has 0 bridgehead atoms. The Labute approximate surface area is 160 Å². The van der Waals surface area contributed by atoms with E-state index in [0.29, 0.717) is 31.6 Å². The van der Waals surface area contributed by atoms with E-state index in [0.717, 1.165) is 16.7 Å². The van der Waals surface area contributed by atoms with Crippen LogP contribution in [0.1, 0.15) is 79.0 Å². The standard InChI is InChI=1S/C21H38NO3P/c1-10-22(11-2)26(24,25-12-3)15-16-13-17(20(4,5)6)19(23)18(14-16)21(7,8)9/h13-14,23H,10-12,15H2,1-9H3. The van der Waals surface area contributed by atoms with Gasteiger partial charge in [0.15, 0.2) is 0 Å². The molecule has 1 rings (SSSR count). The Bertz CT molecular complexity index is 617. The zero-order valence-corrected chi connectivity index (χ0v) is 19.0. The molecule has 0 aliphatic rings. The van der Waals surface area contributed by atoms with Crippen molar-refractivity contribution in [2.75, 3.05) is 19.7 Å². The second-order valence-corrected chi connectivity index (χ2v) is 11.3. The van der Waals surface area contributed by atoms with Crippen molar-refractivity contribution in [1.29, 1.82) is 0 Å². The Hall–Kier alpha value is -0.830. The van der Waals surface area contributed by atoms with Crippen molar-refractivity contribution in [3.63, 3.8) is 0 Å². The number of phenolic OH excluding ortho intramolecular Hbond substituents is 1. The van der Waals surface area contributed by atoms with Crippen LogP contribution in [0.25, 0.3) is 0 Å². The Morgan fingerprint density at radius 2 is 1.38 bits per heavy atom. The van der Waals surface area contributed by atoms with E-state index in [-0.39, 0.29) is 10.8 Å². The fourth-order valence-electron chi connectivity index (χ4n) is 3.24. The summed E-state index contributed by atoms with van der Waals surface area (Å²) >= 11 is 0. The highest BCUT2D eigenvalue weighted by atomic mass is 31.2. The molecule has 0 fully saturated rings. The first-order valence-electron chi connectivity index (χ1n) is 9.66. The van der Waals surface area contributed by atoms with Crippen LogP contribution >= 0.6 is 7.52 Å². The topological polar surface area (TPSA) is 49.8 Å².